The van der Waals surface area contributed by atoms with E-state index in [-0.39, 0.29) is 18.1 Å². The number of halogens is 2. The predicted molar refractivity (Wildman–Crippen MR) is 75.4 cm³/mol. The molecule has 0 spiro atoms. The second kappa shape index (κ2) is 7.93. The van der Waals surface area contributed by atoms with Gasteiger partial charge in [0.2, 0.25) is 5.91 Å². The number of alkyl halides is 2. The van der Waals surface area contributed by atoms with E-state index >= 15 is 0 Å². The summed E-state index contributed by atoms with van der Waals surface area (Å²) in [4.78, 5) is 11.9. The maximum absolute atomic E-state index is 12.3. The van der Waals surface area contributed by atoms with Gasteiger partial charge < -0.3 is 15.4 Å². The largest absolute Gasteiger partial charge is 0.435 e. The lowest BCUT2D eigenvalue weighted by atomic mass is 9.99. The molecule has 1 saturated heterocycles. The summed E-state index contributed by atoms with van der Waals surface area (Å²) >= 11 is 0. The molecule has 1 unspecified atom stereocenters. The second-order valence-electron chi connectivity index (χ2n) is 5.18. The zero-order valence-electron chi connectivity index (χ0n) is 11.8. The first-order valence-corrected chi connectivity index (χ1v) is 7.15. The van der Waals surface area contributed by atoms with Gasteiger partial charge in [-0.25, -0.2) is 0 Å². The van der Waals surface area contributed by atoms with E-state index in [9.17, 15) is 13.6 Å². The Kier molecular flexibility index (Phi) is 5.92. The molecule has 1 amide bonds. The first-order chi connectivity index (χ1) is 10.1. The van der Waals surface area contributed by atoms with Crippen molar-refractivity contribution in [2.24, 2.45) is 5.92 Å². The lowest BCUT2D eigenvalue weighted by Crippen LogP contribution is -2.38. The summed E-state index contributed by atoms with van der Waals surface area (Å²) < 4.78 is 29.0. The average molecular weight is 298 g/mol. The number of benzene rings is 1. The van der Waals surface area contributed by atoms with Gasteiger partial charge in [-0.15, -0.1) is 0 Å². The van der Waals surface area contributed by atoms with Crippen LogP contribution in [0.1, 0.15) is 18.4 Å². The highest BCUT2D eigenvalue weighted by atomic mass is 19.3. The second-order valence-corrected chi connectivity index (χ2v) is 5.18. The van der Waals surface area contributed by atoms with Crippen LogP contribution in [0.4, 0.5) is 8.78 Å². The molecule has 2 rings (SSSR count). The Morgan fingerprint density at radius 2 is 2.24 bits per heavy atom. The van der Waals surface area contributed by atoms with E-state index in [1.165, 1.54) is 6.07 Å². The van der Waals surface area contributed by atoms with Crippen LogP contribution in [0.2, 0.25) is 0 Å². The van der Waals surface area contributed by atoms with Gasteiger partial charge in [0.1, 0.15) is 5.75 Å². The molecule has 1 aliphatic heterocycles. The van der Waals surface area contributed by atoms with Gasteiger partial charge in [-0.1, -0.05) is 18.2 Å². The number of amides is 1. The van der Waals surface area contributed by atoms with Crippen molar-refractivity contribution in [3.05, 3.63) is 29.8 Å². The summed E-state index contributed by atoms with van der Waals surface area (Å²) in [6.45, 7) is -0.333. The topological polar surface area (TPSA) is 50.4 Å². The number of para-hydroxylation sites is 1. The van der Waals surface area contributed by atoms with Gasteiger partial charge in [0.05, 0.1) is 6.42 Å². The van der Waals surface area contributed by atoms with Crippen LogP contribution < -0.4 is 15.4 Å². The third-order valence-corrected chi connectivity index (χ3v) is 3.53. The summed E-state index contributed by atoms with van der Waals surface area (Å²) in [5, 5.41) is 6.14. The van der Waals surface area contributed by atoms with E-state index in [0.29, 0.717) is 18.0 Å². The fourth-order valence-corrected chi connectivity index (χ4v) is 2.45. The quantitative estimate of drug-likeness (QED) is 0.844. The van der Waals surface area contributed by atoms with Crippen LogP contribution in [0.15, 0.2) is 24.3 Å². The van der Waals surface area contributed by atoms with E-state index < -0.39 is 6.61 Å². The van der Waals surface area contributed by atoms with Gasteiger partial charge in [-0.2, -0.15) is 8.78 Å². The molecule has 21 heavy (non-hydrogen) atoms. The molecule has 1 fully saturated rings. The maximum atomic E-state index is 12.3. The number of hydrogen-bond acceptors (Lipinski definition) is 3. The molecule has 6 heteroatoms. The predicted octanol–water partition coefficient (Wildman–Crippen LogP) is 1.95. The Hall–Kier alpha value is -1.69. The first-order valence-electron chi connectivity index (χ1n) is 7.15. The van der Waals surface area contributed by atoms with E-state index in [0.717, 1.165) is 25.9 Å². The Balaban J connectivity index is 1.84. The number of nitrogens with one attached hydrogen (secondary N) is 2. The molecule has 0 bridgehead atoms. The molecule has 116 valence electrons. The minimum absolute atomic E-state index is 0.0447. The summed E-state index contributed by atoms with van der Waals surface area (Å²) in [7, 11) is 0. The molecule has 4 nitrogen and oxygen atoms in total. The molecular weight excluding hydrogens is 278 g/mol. The zero-order valence-corrected chi connectivity index (χ0v) is 11.8. The van der Waals surface area contributed by atoms with Crippen molar-refractivity contribution in [2.75, 3.05) is 19.6 Å². The van der Waals surface area contributed by atoms with Crippen molar-refractivity contribution in [1.82, 2.24) is 10.6 Å². The normalized spacial score (nSPS) is 18.5. The monoisotopic (exact) mass is 298 g/mol. The summed E-state index contributed by atoms with van der Waals surface area (Å²) in [5.74, 6) is 0.322. The van der Waals surface area contributed by atoms with Crippen molar-refractivity contribution < 1.29 is 18.3 Å². The molecule has 1 heterocycles. The highest BCUT2D eigenvalue weighted by molar-refractivity contribution is 5.79. The van der Waals surface area contributed by atoms with E-state index in [1.807, 2.05) is 0 Å². The number of carbonyl (C=O) groups is 1. The molecule has 0 saturated carbocycles. The summed E-state index contributed by atoms with van der Waals surface area (Å²) in [5.41, 5.74) is 0.470. The van der Waals surface area contributed by atoms with Gasteiger partial charge in [0.25, 0.3) is 0 Å². The molecule has 1 aromatic rings. The van der Waals surface area contributed by atoms with Crippen LogP contribution in [-0.2, 0) is 11.2 Å². The number of carbonyl (C=O) groups excluding carboxylic acids is 1. The van der Waals surface area contributed by atoms with Gasteiger partial charge in [-0.05, 0) is 37.9 Å². The average Bonchev–Trinajstić information content (AvgIpc) is 2.48. The van der Waals surface area contributed by atoms with Gasteiger partial charge in [0, 0.05) is 12.1 Å². The number of ether oxygens (including phenoxy) is 1. The maximum Gasteiger partial charge on any atom is 0.387 e. The SMILES string of the molecule is O=C(Cc1ccccc1OC(F)F)NCC1CCCNC1. The fourth-order valence-electron chi connectivity index (χ4n) is 2.45. The highest BCUT2D eigenvalue weighted by Crippen LogP contribution is 2.20. The molecule has 2 N–H and O–H groups in total. The van der Waals surface area contributed by atoms with Gasteiger partial charge in [-0.3, -0.25) is 4.79 Å². The standard InChI is InChI=1S/C15H20F2N2O2/c16-15(17)21-13-6-2-1-5-12(13)8-14(20)19-10-11-4-3-7-18-9-11/h1-2,5-6,11,15,18H,3-4,7-10H2,(H,19,20). The van der Waals surface area contributed by atoms with Crippen LogP contribution in [0.5, 0.6) is 5.75 Å². The van der Waals surface area contributed by atoms with Crippen LogP contribution in [0.25, 0.3) is 0 Å². The molecule has 0 aliphatic carbocycles. The third-order valence-electron chi connectivity index (χ3n) is 3.53. The van der Waals surface area contributed by atoms with E-state index in [4.69, 9.17) is 0 Å². The van der Waals surface area contributed by atoms with Crippen LogP contribution in [0.3, 0.4) is 0 Å². The first kappa shape index (κ1) is 15.7. The third kappa shape index (κ3) is 5.30. The molecule has 0 aromatic heterocycles. The van der Waals surface area contributed by atoms with E-state index in [1.54, 1.807) is 18.2 Å². The minimum atomic E-state index is -2.89. The Bertz CT molecular complexity index is 463. The Labute approximate surface area is 122 Å². The van der Waals surface area contributed by atoms with Crippen molar-refractivity contribution >= 4 is 5.91 Å². The molecule has 0 radical (unpaired) electrons. The number of rotatable bonds is 6. The van der Waals surface area contributed by atoms with Crippen LogP contribution in [0, 0.1) is 5.92 Å². The van der Waals surface area contributed by atoms with Gasteiger partial charge in [0.15, 0.2) is 0 Å². The Morgan fingerprint density at radius 3 is 2.95 bits per heavy atom. The highest BCUT2D eigenvalue weighted by Gasteiger charge is 2.15. The smallest absolute Gasteiger partial charge is 0.387 e. The summed E-state index contributed by atoms with van der Waals surface area (Å²) in [6.07, 6.45) is 2.26. The van der Waals surface area contributed by atoms with Gasteiger partial charge >= 0.3 is 6.61 Å². The lowest BCUT2D eigenvalue weighted by Gasteiger charge is -2.22. The van der Waals surface area contributed by atoms with Crippen molar-refractivity contribution in [3.8, 4) is 5.75 Å². The Morgan fingerprint density at radius 1 is 1.43 bits per heavy atom. The molecular formula is C15H20F2N2O2. The fraction of sp³-hybridized carbons (Fsp3) is 0.533. The molecule has 1 atom stereocenters. The summed E-state index contributed by atoms with van der Waals surface area (Å²) in [6, 6.07) is 6.37. The molecule has 1 aliphatic rings. The minimum Gasteiger partial charge on any atom is -0.435 e. The van der Waals surface area contributed by atoms with E-state index in [2.05, 4.69) is 15.4 Å². The zero-order chi connectivity index (χ0) is 15.1. The van der Waals surface area contributed by atoms with Crippen molar-refractivity contribution in [1.29, 1.82) is 0 Å². The van der Waals surface area contributed by atoms with Crippen molar-refractivity contribution in [3.63, 3.8) is 0 Å². The van der Waals surface area contributed by atoms with Crippen molar-refractivity contribution in [2.45, 2.75) is 25.9 Å². The molecule has 1 aromatic carbocycles. The van der Waals surface area contributed by atoms with Crippen LogP contribution in [-0.4, -0.2) is 32.2 Å². The number of hydrogen-bond donors (Lipinski definition) is 2. The number of piperidine rings is 1. The lowest BCUT2D eigenvalue weighted by molar-refractivity contribution is -0.120. The van der Waals surface area contributed by atoms with Crippen LogP contribution >= 0.6 is 0 Å².